The van der Waals surface area contributed by atoms with Crippen LogP contribution in [0.2, 0.25) is 5.02 Å². The largest absolute Gasteiger partial charge is 0.495 e. The van der Waals surface area contributed by atoms with Crippen LogP contribution in [-0.4, -0.2) is 18.3 Å². The van der Waals surface area contributed by atoms with Crippen LogP contribution in [0.5, 0.6) is 0 Å². The molecule has 5 heteroatoms. The van der Waals surface area contributed by atoms with Crippen LogP contribution < -0.4 is 5.46 Å². The second-order valence-corrected chi connectivity index (χ2v) is 6.24. The van der Waals surface area contributed by atoms with Gasteiger partial charge in [-0.2, -0.15) is 5.26 Å². The minimum Gasteiger partial charge on any atom is -0.399 e. The minimum absolute atomic E-state index is 0.392. The third-order valence-electron chi connectivity index (χ3n) is 4.08. The van der Waals surface area contributed by atoms with Crippen LogP contribution in [0.4, 0.5) is 0 Å². The maximum atomic E-state index is 9.16. The van der Waals surface area contributed by atoms with E-state index in [-0.39, 0.29) is 0 Å². The lowest BCUT2D eigenvalue weighted by molar-refractivity contribution is 0.00578. The summed E-state index contributed by atoms with van der Waals surface area (Å²) in [6, 6.07) is 5.70. The Morgan fingerprint density at radius 2 is 1.68 bits per heavy atom. The van der Waals surface area contributed by atoms with E-state index in [1.165, 1.54) is 0 Å². The Morgan fingerprint density at radius 3 is 2.16 bits per heavy atom. The summed E-state index contributed by atoms with van der Waals surface area (Å²) in [5.74, 6) is 0. The summed E-state index contributed by atoms with van der Waals surface area (Å²) in [5, 5.41) is 9.61. The van der Waals surface area contributed by atoms with E-state index in [2.05, 4.69) is 6.07 Å². The van der Waals surface area contributed by atoms with Crippen molar-refractivity contribution in [2.24, 2.45) is 0 Å². The third kappa shape index (κ3) is 2.27. The Morgan fingerprint density at radius 1 is 1.16 bits per heavy atom. The zero-order valence-corrected chi connectivity index (χ0v) is 12.6. The molecule has 1 aliphatic heterocycles. The van der Waals surface area contributed by atoms with Gasteiger partial charge in [0, 0.05) is 0 Å². The summed E-state index contributed by atoms with van der Waals surface area (Å²) in [6.45, 7) is 9.88. The summed E-state index contributed by atoms with van der Waals surface area (Å²) in [6.07, 6.45) is 0. The summed E-state index contributed by atoms with van der Waals surface area (Å²) in [4.78, 5) is 0. The molecule has 0 atom stereocenters. The summed E-state index contributed by atoms with van der Waals surface area (Å²) < 4.78 is 12.0. The Labute approximate surface area is 119 Å². The zero-order valence-electron chi connectivity index (χ0n) is 11.9. The van der Waals surface area contributed by atoms with Gasteiger partial charge in [0.2, 0.25) is 0 Å². The minimum atomic E-state index is -0.464. The first-order chi connectivity index (χ1) is 8.69. The maximum Gasteiger partial charge on any atom is 0.495 e. The van der Waals surface area contributed by atoms with Crippen molar-refractivity contribution in [3.63, 3.8) is 0 Å². The molecule has 0 aliphatic carbocycles. The molecule has 19 heavy (non-hydrogen) atoms. The van der Waals surface area contributed by atoms with Crippen molar-refractivity contribution in [2.75, 3.05) is 0 Å². The molecule has 0 spiro atoms. The predicted molar refractivity (Wildman–Crippen MR) is 76.6 cm³/mol. The zero-order chi connectivity index (χ0) is 14.4. The lowest BCUT2D eigenvalue weighted by Crippen LogP contribution is -2.41. The van der Waals surface area contributed by atoms with Crippen molar-refractivity contribution in [3.05, 3.63) is 28.3 Å². The van der Waals surface area contributed by atoms with Gasteiger partial charge >= 0.3 is 7.12 Å². The fraction of sp³-hybridized carbons (Fsp3) is 0.500. The normalized spacial score (nSPS) is 20.4. The molecule has 2 rings (SSSR count). The monoisotopic (exact) mass is 277 g/mol. The summed E-state index contributed by atoms with van der Waals surface area (Å²) >= 11 is 6.02. The van der Waals surface area contributed by atoms with E-state index in [0.717, 1.165) is 11.0 Å². The topological polar surface area (TPSA) is 42.2 Å². The average molecular weight is 278 g/mol. The lowest BCUT2D eigenvalue weighted by atomic mass is 9.75. The van der Waals surface area contributed by atoms with Gasteiger partial charge < -0.3 is 9.31 Å². The third-order valence-corrected chi connectivity index (χ3v) is 4.39. The van der Waals surface area contributed by atoms with Crippen LogP contribution in [0.15, 0.2) is 12.1 Å². The number of halogens is 1. The van der Waals surface area contributed by atoms with Gasteiger partial charge in [-0.25, -0.2) is 0 Å². The van der Waals surface area contributed by atoms with E-state index in [4.69, 9.17) is 26.2 Å². The molecule has 0 amide bonds. The smallest absolute Gasteiger partial charge is 0.399 e. The molecule has 1 aromatic rings. The van der Waals surface area contributed by atoms with Gasteiger partial charge in [0.1, 0.15) is 6.07 Å². The highest BCUT2D eigenvalue weighted by atomic mass is 35.5. The van der Waals surface area contributed by atoms with Gasteiger partial charge in [0.05, 0.1) is 21.8 Å². The van der Waals surface area contributed by atoms with Crippen molar-refractivity contribution in [1.82, 2.24) is 0 Å². The SMILES string of the molecule is Cc1c(B2OC(C)(C)C(C)(C)O2)ccc(Cl)c1C#N. The maximum absolute atomic E-state index is 9.16. The number of rotatable bonds is 1. The fourth-order valence-electron chi connectivity index (χ4n) is 2.06. The molecule has 0 radical (unpaired) electrons. The molecule has 0 unspecified atom stereocenters. The van der Waals surface area contributed by atoms with Gasteiger partial charge in [-0.3, -0.25) is 0 Å². The lowest BCUT2D eigenvalue weighted by Gasteiger charge is -2.32. The highest BCUT2D eigenvalue weighted by Gasteiger charge is 2.52. The predicted octanol–water partition coefficient (Wildman–Crippen LogP) is 2.82. The van der Waals surface area contributed by atoms with Gasteiger partial charge in [-0.05, 0) is 51.7 Å². The molecule has 0 bridgehead atoms. The number of hydrogen-bond acceptors (Lipinski definition) is 3. The van der Waals surface area contributed by atoms with E-state index < -0.39 is 18.3 Å². The van der Waals surface area contributed by atoms with Gasteiger partial charge in [-0.1, -0.05) is 17.7 Å². The first-order valence-corrected chi connectivity index (χ1v) is 6.62. The van der Waals surface area contributed by atoms with Crippen LogP contribution in [0.3, 0.4) is 0 Å². The molecule has 0 aromatic heterocycles. The van der Waals surface area contributed by atoms with Crippen molar-refractivity contribution >= 4 is 24.2 Å². The van der Waals surface area contributed by atoms with E-state index in [9.17, 15) is 0 Å². The molecule has 3 nitrogen and oxygen atoms in total. The Hall–Kier alpha value is -1.02. The van der Waals surface area contributed by atoms with Crippen molar-refractivity contribution in [1.29, 1.82) is 5.26 Å². The standard InChI is InChI=1S/C14H17BClNO2/c1-9-10(8-17)12(16)7-6-11(9)15-18-13(2,3)14(4,5)19-15/h6-7H,1-5H3. The molecule has 0 N–H and O–H groups in total. The average Bonchev–Trinajstić information content (AvgIpc) is 2.48. The second kappa shape index (κ2) is 4.52. The van der Waals surface area contributed by atoms with E-state index in [0.29, 0.717) is 10.6 Å². The fourth-order valence-corrected chi connectivity index (χ4v) is 2.30. The summed E-state index contributed by atoms with van der Waals surface area (Å²) in [7, 11) is -0.464. The number of nitriles is 1. The molecule has 1 aromatic carbocycles. The Balaban J connectivity index is 2.44. The molecular weight excluding hydrogens is 260 g/mol. The molecule has 100 valence electrons. The molecular formula is C14H17BClNO2. The quantitative estimate of drug-likeness (QED) is 0.741. The van der Waals surface area contributed by atoms with E-state index in [1.54, 1.807) is 6.07 Å². The number of benzene rings is 1. The van der Waals surface area contributed by atoms with E-state index >= 15 is 0 Å². The highest BCUT2D eigenvalue weighted by Crippen LogP contribution is 2.37. The van der Waals surface area contributed by atoms with Crippen LogP contribution >= 0.6 is 11.6 Å². The first kappa shape index (κ1) is 14.4. The Kier molecular flexibility index (Phi) is 3.42. The van der Waals surface area contributed by atoms with Crippen LogP contribution in [0.25, 0.3) is 0 Å². The van der Waals surface area contributed by atoms with Crippen molar-refractivity contribution < 1.29 is 9.31 Å². The second-order valence-electron chi connectivity index (χ2n) is 5.84. The highest BCUT2D eigenvalue weighted by molar-refractivity contribution is 6.62. The molecule has 1 fully saturated rings. The molecule has 1 saturated heterocycles. The molecule has 1 aliphatic rings. The van der Waals surface area contributed by atoms with Crippen LogP contribution in [-0.2, 0) is 9.31 Å². The molecule has 0 saturated carbocycles. The molecule has 1 heterocycles. The van der Waals surface area contributed by atoms with E-state index in [1.807, 2.05) is 40.7 Å². The van der Waals surface area contributed by atoms with Gasteiger partial charge in [-0.15, -0.1) is 0 Å². The number of nitrogens with zero attached hydrogens (tertiary/aromatic N) is 1. The van der Waals surface area contributed by atoms with Crippen LogP contribution in [0.1, 0.15) is 38.8 Å². The Bertz CT molecular complexity index is 547. The first-order valence-electron chi connectivity index (χ1n) is 6.24. The van der Waals surface area contributed by atoms with Crippen LogP contribution in [0, 0.1) is 18.3 Å². The summed E-state index contributed by atoms with van der Waals surface area (Å²) in [5.41, 5.74) is 1.37. The van der Waals surface area contributed by atoms with Gasteiger partial charge in [0.15, 0.2) is 0 Å². The van der Waals surface area contributed by atoms with Crippen molar-refractivity contribution in [2.45, 2.75) is 45.8 Å². The number of hydrogen-bond donors (Lipinski definition) is 0. The van der Waals surface area contributed by atoms with Gasteiger partial charge in [0.25, 0.3) is 0 Å². The van der Waals surface area contributed by atoms with Crippen molar-refractivity contribution in [3.8, 4) is 6.07 Å².